The molecular formula is C12H18N4O. The van der Waals surface area contributed by atoms with Gasteiger partial charge in [-0.1, -0.05) is 12.8 Å². The Hall–Kier alpha value is -1.65. The van der Waals surface area contributed by atoms with E-state index in [0.29, 0.717) is 17.6 Å². The lowest BCUT2D eigenvalue weighted by Crippen LogP contribution is -2.33. The molecule has 1 fully saturated rings. The van der Waals surface area contributed by atoms with Gasteiger partial charge in [-0.3, -0.25) is 4.79 Å². The highest BCUT2D eigenvalue weighted by Gasteiger charge is 2.18. The van der Waals surface area contributed by atoms with E-state index in [1.54, 1.807) is 6.20 Å². The van der Waals surface area contributed by atoms with Crippen LogP contribution in [0.25, 0.3) is 0 Å². The second-order valence-electron chi connectivity index (χ2n) is 4.27. The summed E-state index contributed by atoms with van der Waals surface area (Å²) in [5, 5.41) is 6.03. The maximum absolute atomic E-state index is 11.8. The Balaban J connectivity index is 1.93. The molecule has 1 heterocycles. The van der Waals surface area contributed by atoms with E-state index in [1.807, 2.05) is 6.92 Å². The zero-order chi connectivity index (χ0) is 12.1. The van der Waals surface area contributed by atoms with Crippen LogP contribution in [-0.2, 0) is 0 Å². The van der Waals surface area contributed by atoms with E-state index in [9.17, 15) is 4.79 Å². The molecule has 0 spiro atoms. The van der Waals surface area contributed by atoms with E-state index in [4.69, 9.17) is 0 Å². The third-order valence-electron chi connectivity index (χ3n) is 2.93. The summed E-state index contributed by atoms with van der Waals surface area (Å²) in [6.07, 6.45) is 7.67. The number of nitrogens with zero attached hydrogens (tertiary/aromatic N) is 2. The minimum atomic E-state index is -0.118. The normalized spacial score (nSPS) is 15.8. The van der Waals surface area contributed by atoms with Gasteiger partial charge in [0, 0.05) is 12.6 Å². The number of anilines is 1. The molecule has 0 unspecified atom stereocenters. The van der Waals surface area contributed by atoms with Crippen molar-refractivity contribution in [3.63, 3.8) is 0 Å². The SMILES string of the molecule is CCNc1cnc(C(=O)NC2CCCC2)cn1. The minimum absolute atomic E-state index is 0.118. The number of carbonyl (C=O) groups excluding carboxylic acids is 1. The lowest BCUT2D eigenvalue weighted by Gasteiger charge is -2.11. The molecule has 0 atom stereocenters. The number of carbonyl (C=O) groups is 1. The van der Waals surface area contributed by atoms with Crippen molar-refractivity contribution in [2.24, 2.45) is 0 Å². The quantitative estimate of drug-likeness (QED) is 0.830. The third kappa shape index (κ3) is 3.15. The molecule has 1 aromatic heterocycles. The van der Waals surface area contributed by atoms with Gasteiger partial charge in [0.2, 0.25) is 0 Å². The summed E-state index contributed by atoms with van der Waals surface area (Å²) in [5.74, 6) is 0.581. The van der Waals surface area contributed by atoms with Gasteiger partial charge in [-0.15, -0.1) is 0 Å². The molecule has 2 rings (SSSR count). The topological polar surface area (TPSA) is 66.9 Å². The number of rotatable bonds is 4. The van der Waals surface area contributed by atoms with Crippen molar-refractivity contribution in [2.45, 2.75) is 38.6 Å². The molecular weight excluding hydrogens is 216 g/mol. The molecule has 5 heteroatoms. The monoisotopic (exact) mass is 234 g/mol. The van der Waals surface area contributed by atoms with Crippen LogP contribution in [0.4, 0.5) is 5.82 Å². The van der Waals surface area contributed by atoms with Crippen molar-refractivity contribution in [3.05, 3.63) is 18.1 Å². The highest BCUT2D eigenvalue weighted by atomic mass is 16.1. The zero-order valence-corrected chi connectivity index (χ0v) is 10.1. The summed E-state index contributed by atoms with van der Waals surface area (Å²) in [5.41, 5.74) is 0.388. The first kappa shape index (κ1) is 11.8. The Bertz CT molecular complexity index is 371. The van der Waals surface area contributed by atoms with Gasteiger partial charge < -0.3 is 10.6 Å². The Labute approximate surface area is 101 Å². The predicted octanol–water partition coefficient (Wildman–Crippen LogP) is 1.58. The van der Waals surface area contributed by atoms with Crippen molar-refractivity contribution in [3.8, 4) is 0 Å². The summed E-state index contributed by atoms with van der Waals surface area (Å²) < 4.78 is 0. The van der Waals surface area contributed by atoms with Crippen LogP contribution in [-0.4, -0.2) is 28.5 Å². The van der Waals surface area contributed by atoms with Crippen molar-refractivity contribution in [2.75, 3.05) is 11.9 Å². The highest BCUT2D eigenvalue weighted by Crippen LogP contribution is 2.17. The number of hydrogen-bond acceptors (Lipinski definition) is 4. The zero-order valence-electron chi connectivity index (χ0n) is 10.1. The van der Waals surface area contributed by atoms with Gasteiger partial charge >= 0.3 is 0 Å². The summed E-state index contributed by atoms with van der Waals surface area (Å²) in [6, 6.07) is 0.317. The fourth-order valence-electron chi connectivity index (χ4n) is 2.05. The molecule has 1 aromatic rings. The van der Waals surface area contributed by atoms with Crippen molar-refractivity contribution in [1.29, 1.82) is 0 Å². The molecule has 1 aliphatic rings. The van der Waals surface area contributed by atoms with E-state index >= 15 is 0 Å². The molecule has 92 valence electrons. The molecule has 0 aliphatic heterocycles. The Morgan fingerprint density at radius 3 is 2.71 bits per heavy atom. The largest absolute Gasteiger partial charge is 0.369 e. The first-order chi connectivity index (χ1) is 8.29. The average molecular weight is 234 g/mol. The lowest BCUT2D eigenvalue weighted by molar-refractivity contribution is 0.0932. The van der Waals surface area contributed by atoms with E-state index < -0.39 is 0 Å². The third-order valence-corrected chi connectivity index (χ3v) is 2.93. The Morgan fingerprint density at radius 2 is 2.12 bits per heavy atom. The van der Waals surface area contributed by atoms with Gasteiger partial charge in [0.1, 0.15) is 11.5 Å². The van der Waals surface area contributed by atoms with Gasteiger partial charge in [-0.25, -0.2) is 9.97 Å². The number of aromatic nitrogens is 2. The molecule has 5 nitrogen and oxygen atoms in total. The highest BCUT2D eigenvalue weighted by molar-refractivity contribution is 5.92. The number of amides is 1. The van der Waals surface area contributed by atoms with E-state index in [1.165, 1.54) is 19.0 Å². The molecule has 1 amide bonds. The van der Waals surface area contributed by atoms with Crippen LogP contribution in [0.5, 0.6) is 0 Å². The van der Waals surface area contributed by atoms with Crippen LogP contribution in [0.1, 0.15) is 43.1 Å². The standard InChI is InChI=1S/C12H18N4O/c1-2-13-11-8-14-10(7-15-11)12(17)16-9-5-3-4-6-9/h7-9H,2-6H2,1H3,(H,13,15)(H,16,17). The van der Waals surface area contributed by atoms with Crippen LogP contribution in [0.3, 0.4) is 0 Å². The molecule has 0 saturated heterocycles. The Morgan fingerprint density at radius 1 is 1.35 bits per heavy atom. The van der Waals surface area contributed by atoms with Gasteiger partial charge in [0.15, 0.2) is 0 Å². The van der Waals surface area contributed by atoms with Crippen molar-refractivity contribution in [1.82, 2.24) is 15.3 Å². The van der Waals surface area contributed by atoms with Crippen LogP contribution in [0, 0.1) is 0 Å². The predicted molar refractivity (Wildman–Crippen MR) is 65.9 cm³/mol. The van der Waals surface area contributed by atoms with E-state index in [0.717, 1.165) is 19.4 Å². The van der Waals surface area contributed by atoms with Crippen LogP contribution >= 0.6 is 0 Å². The first-order valence-corrected chi connectivity index (χ1v) is 6.16. The second kappa shape index (κ2) is 5.61. The smallest absolute Gasteiger partial charge is 0.271 e. The molecule has 1 saturated carbocycles. The molecule has 0 aromatic carbocycles. The van der Waals surface area contributed by atoms with Crippen LogP contribution in [0.15, 0.2) is 12.4 Å². The lowest BCUT2D eigenvalue weighted by atomic mass is 10.2. The molecule has 1 aliphatic carbocycles. The second-order valence-corrected chi connectivity index (χ2v) is 4.27. The minimum Gasteiger partial charge on any atom is -0.369 e. The number of hydrogen-bond donors (Lipinski definition) is 2. The van der Waals surface area contributed by atoms with Gasteiger partial charge in [0.25, 0.3) is 5.91 Å². The summed E-state index contributed by atoms with van der Waals surface area (Å²) in [4.78, 5) is 20.1. The Kier molecular flexibility index (Phi) is 3.90. The summed E-state index contributed by atoms with van der Waals surface area (Å²) >= 11 is 0. The molecule has 17 heavy (non-hydrogen) atoms. The maximum Gasteiger partial charge on any atom is 0.271 e. The summed E-state index contributed by atoms with van der Waals surface area (Å²) in [7, 11) is 0. The summed E-state index contributed by atoms with van der Waals surface area (Å²) in [6.45, 7) is 2.78. The van der Waals surface area contributed by atoms with Crippen LogP contribution < -0.4 is 10.6 Å². The van der Waals surface area contributed by atoms with E-state index in [-0.39, 0.29) is 5.91 Å². The number of nitrogens with one attached hydrogen (secondary N) is 2. The van der Waals surface area contributed by atoms with Gasteiger partial charge in [0.05, 0.1) is 12.4 Å². The fraction of sp³-hybridized carbons (Fsp3) is 0.583. The van der Waals surface area contributed by atoms with Crippen molar-refractivity contribution < 1.29 is 4.79 Å². The molecule has 0 bridgehead atoms. The van der Waals surface area contributed by atoms with Crippen molar-refractivity contribution >= 4 is 11.7 Å². The molecule has 2 N–H and O–H groups in total. The fourth-order valence-corrected chi connectivity index (χ4v) is 2.05. The van der Waals surface area contributed by atoms with E-state index in [2.05, 4.69) is 20.6 Å². The maximum atomic E-state index is 11.8. The van der Waals surface area contributed by atoms with Crippen LogP contribution in [0.2, 0.25) is 0 Å². The first-order valence-electron chi connectivity index (χ1n) is 6.16. The van der Waals surface area contributed by atoms with Gasteiger partial charge in [-0.2, -0.15) is 0 Å². The average Bonchev–Trinajstić information content (AvgIpc) is 2.83. The molecule has 0 radical (unpaired) electrons. The van der Waals surface area contributed by atoms with Gasteiger partial charge in [-0.05, 0) is 19.8 Å².